The summed E-state index contributed by atoms with van der Waals surface area (Å²) >= 11 is 0. The standard InChI is InChI=1S/C30H33BN6O/c31-25-20-34-37-27(33-19-22-9-7-15-32-18-22)17-26(35-28(25)37)23-10-8-16-36(21-23)29(38)30(13-5-2-6-14-30)24-11-3-1-4-12-24/h1,3-4,7,9,11-12,15,17-18,20,23,33H,2,5-6,8,10,13-14,16,19,21H2. The SMILES string of the molecule is [B]c1cnn2c(NCc3cccnc3)cc(C3CCCN(C(=O)C4(c5ccccc5)CCCCC4)C3)nc12. The molecule has 1 unspecified atom stereocenters. The summed E-state index contributed by atoms with van der Waals surface area (Å²) in [5.41, 5.74) is 3.98. The number of rotatable bonds is 6. The van der Waals surface area contributed by atoms with E-state index >= 15 is 0 Å². The molecular formula is C30H33BN6O. The second-order valence-electron chi connectivity index (χ2n) is 10.7. The summed E-state index contributed by atoms with van der Waals surface area (Å²) in [5.74, 6) is 1.26. The molecule has 1 aliphatic carbocycles. The molecule has 1 aromatic carbocycles. The van der Waals surface area contributed by atoms with Gasteiger partial charge in [-0.2, -0.15) is 9.61 Å². The molecule has 1 N–H and O–H groups in total. The van der Waals surface area contributed by atoms with Crippen LogP contribution in [0.5, 0.6) is 0 Å². The van der Waals surface area contributed by atoms with Crippen molar-refractivity contribution >= 4 is 30.7 Å². The van der Waals surface area contributed by atoms with E-state index < -0.39 is 5.41 Å². The van der Waals surface area contributed by atoms with Crippen molar-refractivity contribution < 1.29 is 4.79 Å². The van der Waals surface area contributed by atoms with Crippen molar-refractivity contribution in [1.29, 1.82) is 0 Å². The number of hydrogen-bond acceptors (Lipinski definition) is 5. The fourth-order valence-electron chi connectivity index (χ4n) is 6.27. The zero-order valence-electron chi connectivity index (χ0n) is 21.7. The van der Waals surface area contributed by atoms with Gasteiger partial charge < -0.3 is 10.2 Å². The first-order valence-electron chi connectivity index (χ1n) is 13.8. The molecule has 6 rings (SSSR count). The summed E-state index contributed by atoms with van der Waals surface area (Å²) in [6.45, 7) is 2.08. The van der Waals surface area contributed by atoms with E-state index in [1.807, 2.05) is 24.4 Å². The van der Waals surface area contributed by atoms with Crippen molar-refractivity contribution in [3.05, 3.63) is 83.9 Å². The summed E-state index contributed by atoms with van der Waals surface area (Å²) < 4.78 is 1.76. The van der Waals surface area contributed by atoms with Crippen LogP contribution >= 0.6 is 0 Å². The van der Waals surface area contributed by atoms with Crippen LogP contribution in [0.15, 0.2) is 67.1 Å². The third kappa shape index (κ3) is 4.68. The second-order valence-corrected chi connectivity index (χ2v) is 10.7. The molecule has 7 nitrogen and oxygen atoms in total. The fourth-order valence-corrected chi connectivity index (χ4v) is 6.27. The molecule has 0 spiro atoms. The van der Waals surface area contributed by atoms with E-state index in [9.17, 15) is 4.79 Å². The molecule has 0 bridgehead atoms. The number of likely N-dealkylation sites (tertiary alicyclic amines) is 1. The van der Waals surface area contributed by atoms with Gasteiger partial charge in [-0.15, -0.1) is 0 Å². The highest BCUT2D eigenvalue weighted by molar-refractivity contribution is 6.36. The zero-order chi connectivity index (χ0) is 26.0. The fraction of sp³-hybridized carbons (Fsp3) is 0.400. The topological polar surface area (TPSA) is 75.4 Å². The van der Waals surface area contributed by atoms with Gasteiger partial charge in [0.2, 0.25) is 5.91 Å². The highest BCUT2D eigenvalue weighted by atomic mass is 16.2. The van der Waals surface area contributed by atoms with Crippen LogP contribution in [0.2, 0.25) is 0 Å². The molecule has 1 amide bonds. The van der Waals surface area contributed by atoms with Crippen LogP contribution < -0.4 is 10.8 Å². The van der Waals surface area contributed by atoms with Gasteiger partial charge in [-0.25, -0.2) is 4.98 Å². The molecule has 2 aliphatic rings. The van der Waals surface area contributed by atoms with E-state index in [1.165, 1.54) is 12.0 Å². The van der Waals surface area contributed by atoms with Crippen molar-refractivity contribution in [3.8, 4) is 0 Å². The lowest BCUT2D eigenvalue weighted by molar-refractivity contribution is -0.140. The molecule has 1 saturated carbocycles. The molecule has 3 aromatic heterocycles. The zero-order valence-corrected chi connectivity index (χ0v) is 21.7. The van der Waals surface area contributed by atoms with E-state index in [2.05, 4.69) is 50.6 Å². The van der Waals surface area contributed by atoms with Gasteiger partial charge in [0, 0.05) is 50.2 Å². The third-order valence-corrected chi connectivity index (χ3v) is 8.29. The first kappa shape index (κ1) is 24.6. The molecule has 1 atom stereocenters. The van der Waals surface area contributed by atoms with E-state index in [4.69, 9.17) is 12.8 Å². The monoisotopic (exact) mass is 504 g/mol. The average Bonchev–Trinajstić information content (AvgIpc) is 3.37. The number of nitrogens with one attached hydrogen (secondary N) is 1. The van der Waals surface area contributed by atoms with Gasteiger partial charge in [0.25, 0.3) is 0 Å². The molecule has 4 heterocycles. The average molecular weight is 504 g/mol. The number of anilines is 1. The maximum atomic E-state index is 14.3. The van der Waals surface area contributed by atoms with Gasteiger partial charge in [-0.1, -0.05) is 55.7 Å². The van der Waals surface area contributed by atoms with Crippen LogP contribution in [-0.2, 0) is 16.8 Å². The highest BCUT2D eigenvalue weighted by Crippen LogP contribution is 2.42. The minimum atomic E-state index is -0.412. The van der Waals surface area contributed by atoms with Crippen molar-refractivity contribution in [1.82, 2.24) is 24.5 Å². The van der Waals surface area contributed by atoms with E-state index in [0.717, 1.165) is 62.1 Å². The van der Waals surface area contributed by atoms with Gasteiger partial charge >= 0.3 is 0 Å². The van der Waals surface area contributed by atoms with Gasteiger partial charge in [0.1, 0.15) is 13.7 Å². The number of piperidine rings is 1. The molecule has 8 heteroatoms. The van der Waals surface area contributed by atoms with Gasteiger partial charge in [0.05, 0.1) is 11.1 Å². The third-order valence-electron chi connectivity index (χ3n) is 8.29. The van der Waals surface area contributed by atoms with Crippen molar-refractivity contribution in [2.24, 2.45) is 0 Å². The number of aromatic nitrogens is 4. The number of pyridine rings is 1. The van der Waals surface area contributed by atoms with Crippen LogP contribution in [-0.4, -0.2) is 51.3 Å². The van der Waals surface area contributed by atoms with Crippen molar-refractivity contribution in [3.63, 3.8) is 0 Å². The number of benzene rings is 1. The number of hydrogen-bond donors (Lipinski definition) is 1. The second kappa shape index (κ2) is 10.6. The van der Waals surface area contributed by atoms with Crippen molar-refractivity contribution in [2.45, 2.75) is 62.8 Å². The van der Waals surface area contributed by atoms with Crippen LogP contribution in [0.4, 0.5) is 5.82 Å². The maximum Gasteiger partial charge on any atom is 0.233 e. The Bertz CT molecular complexity index is 1400. The quantitative estimate of drug-likeness (QED) is 0.400. The van der Waals surface area contributed by atoms with Crippen molar-refractivity contribution in [2.75, 3.05) is 18.4 Å². The van der Waals surface area contributed by atoms with E-state index in [0.29, 0.717) is 24.2 Å². The summed E-state index contributed by atoms with van der Waals surface area (Å²) in [4.78, 5) is 25.5. The summed E-state index contributed by atoms with van der Waals surface area (Å²) in [5, 5.41) is 7.94. The molecule has 38 heavy (non-hydrogen) atoms. The van der Waals surface area contributed by atoms with E-state index in [1.54, 1.807) is 16.9 Å². The minimum Gasteiger partial charge on any atom is -0.366 e. The molecule has 2 fully saturated rings. The lowest BCUT2D eigenvalue weighted by Gasteiger charge is -2.43. The number of carbonyl (C=O) groups is 1. The number of nitrogens with zero attached hydrogens (tertiary/aromatic N) is 5. The van der Waals surface area contributed by atoms with Crippen LogP contribution in [0, 0.1) is 0 Å². The molecule has 192 valence electrons. The molecule has 1 aliphatic heterocycles. The Morgan fingerprint density at radius 2 is 1.89 bits per heavy atom. The largest absolute Gasteiger partial charge is 0.366 e. The Labute approximate surface area is 225 Å². The summed E-state index contributed by atoms with van der Waals surface area (Å²) in [7, 11) is 6.26. The maximum absolute atomic E-state index is 14.3. The summed E-state index contributed by atoms with van der Waals surface area (Å²) in [6, 6.07) is 16.5. The highest BCUT2D eigenvalue weighted by Gasteiger charge is 2.44. The molecular weight excluding hydrogens is 471 g/mol. The first-order valence-corrected chi connectivity index (χ1v) is 13.8. The predicted molar refractivity (Wildman–Crippen MR) is 150 cm³/mol. The van der Waals surface area contributed by atoms with Gasteiger partial charge in [-0.3, -0.25) is 9.78 Å². The van der Waals surface area contributed by atoms with Crippen LogP contribution in [0.1, 0.15) is 67.7 Å². The number of fused-ring (bicyclic) bond motifs is 1. The summed E-state index contributed by atoms with van der Waals surface area (Å²) in [6.07, 6.45) is 12.5. The Morgan fingerprint density at radius 1 is 1.05 bits per heavy atom. The predicted octanol–water partition coefficient (Wildman–Crippen LogP) is 4.14. The van der Waals surface area contributed by atoms with E-state index in [-0.39, 0.29) is 11.8 Å². The Kier molecular flexibility index (Phi) is 6.87. The Balaban J connectivity index is 1.28. The number of amides is 1. The first-order chi connectivity index (χ1) is 18.6. The lowest BCUT2D eigenvalue weighted by atomic mass is 9.68. The number of carbonyl (C=O) groups excluding carboxylic acids is 1. The molecule has 2 radical (unpaired) electrons. The van der Waals surface area contributed by atoms with Crippen LogP contribution in [0.3, 0.4) is 0 Å². The molecule has 4 aromatic rings. The molecule has 1 saturated heterocycles. The Hall–Kier alpha value is -3.68. The smallest absolute Gasteiger partial charge is 0.233 e. The minimum absolute atomic E-state index is 0.141. The van der Waals surface area contributed by atoms with Gasteiger partial charge in [0.15, 0.2) is 5.65 Å². The van der Waals surface area contributed by atoms with Crippen LogP contribution in [0.25, 0.3) is 5.65 Å². The normalized spacial score (nSPS) is 19.4. The Morgan fingerprint density at radius 3 is 2.68 bits per heavy atom. The van der Waals surface area contributed by atoms with Gasteiger partial charge in [-0.05, 0) is 48.3 Å². The lowest BCUT2D eigenvalue weighted by Crippen LogP contribution is -2.51.